The zero-order chi connectivity index (χ0) is 12.3. The van der Waals surface area contributed by atoms with Crippen LogP contribution in [0.4, 0.5) is 0 Å². The first-order valence-electron chi connectivity index (χ1n) is 5.14. The van der Waals surface area contributed by atoms with Crippen molar-refractivity contribution in [3.05, 3.63) is 40.6 Å². The van der Waals surface area contributed by atoms with Crippen LogP contribution in [0.25, 0.3) is 0 Å². The molecule has 2 aromatic rings. The number of halogens is 1. The van der Waals surface area contributed by atoms with Crippen LogP contribution in [-0.4, -0.2) is 16.9 Å². The molecule has 0 fully saturated rings. The minimum absolute atomic E-state index is 0.450. The summed E-state index contributed by atoms with van der Waals surface area (Å²) in [7, 11) is 3.52. The lowest BCUT2D eigenvalue weighted by atomic mass is 10.3. The van der Waals surface area contributed by atoms with Gasteiger partial charge < -0.3 is 9.47 Å². The van der Waals surface area contributed by atoms with Gasteiger partial charge in [-0.05, 0) is 40.2 Å². The van der Waals surface area contributed by atoms with E-state index in [9.17, 15) is 0 Å². The fourth-order valence-electron chi connectivity index (χ4n) is 1.42. The number of benzene rings is 1. The molecule has 0 saturated heterocycles. The van der Waals surface area contributed by atoms with E-state index in [0.717, 1.165) is 21.7 Å². The van der Waals surface area contributed by atoms with Crippen LogP contribution in [-0.2, 0) is 13.7 Å². The van der Waals surface area contributed by atoms with E-state index in [4.69, 9.17) is 9.47 Å². The number of hydrogen-bond donors (Lipinski definition) is 0. The molecule has 17 heavy (non-hydrogen) atoms. The van der Waals surface area contributed by atoms with Gasteiger partial charge in [0.05, 0.1) is 17.3 Å². The van der Waals surface area contributed by atoms with Crippen molar-refractivity contribution < 1.29 is 9.47 Å². The average molecular weight is 297 g/mol. The van der Waals surface area contributed by atoms with E-state index in [0.29, 0.717) is 6.61 Å². The van der Waals surface area contributed by atoms with Gasteiger partial charge in [-0.2, -0.15) is 5.10 Å². The third-order valence-electron chi connectivity index (χ3n) is 2.28. The van der Waals surface area contributed by atoms with Crippen LogP contribution in [0.2, 0.25) is 0 Å². The molecule has 0 spiro atoms. The Morgan fingerprint density at radius 2 is 2.18 bits per heavy atom. The van der Waals surface area contributed by atoms with E-state index >= 15 is 0 Å². The lowest BCUT2D eigenvalue weighted by Crippen LogP contribution is -1.98. The third kappa shape index (κ3) is 3.00. The lowest BCUT2D eigenvalue weighted by molar-refractivity contribution is 0.297. The highest BCUT2D eigenvalue weighted by atomic mass is 79.9. The predicted octanol–water partition coefficient (Wildman–Crippen LogP) is 2.77. The van der Waals surface area contributed by atoms with Crippen molar-refractivity contribution in [2.24, 2.45) is 7.05 Å². The number of methoxy groups -OCH3 is 1. The Morgan fingerprint density at radius 3 is 2.76 bits per heavy atom. The van der Waals surface area contributed by atoms with E-state index < -0.39 is 0 Å². The Morgan fingerprint density at radius 1 is 1.35 bits per heavy atom. The first-order chi connectivity index (χ1) is 8.19. The summed E-state index contributed by atoms with van der Waals surface area (Å²) in [5.41, 5.74) is 0.898. The van der Waals surface area contributed by atoms with Gasteiger partial charge in [-0.25, -0.2) is 0 Å². The molecule has 0 aliphatic rings. The number of aryl methyl sites for hydroxylation is 1. The SMILES string of the molecule is COc1ccc(OCc2ccn(C)n2)c(Br)c1. The number of ether oxygens (including phenoxy) is 2. The van der Waals surface area contributed by atoms with E-state index in [2.05, 4.69) is 21.0 Å². The Hall–Kier alpha value is -1.49. The second kappa shape index (κ2) is 5.23. The van der Waals surface area contributed by atoms with Crippen molar-refractivity contribution >= 4 is 15.9 Å². The van der Waals surface area contributed by atoms with Gasteiger partial charge in [0, 0.05) is 13.2 Å². The van der Waals surface area contributed by atoms with Crippen molar-refractivity contribution in [1.29, 1.82) is 0 Å². The normalized spacial score (nSPS) is 10.3. The topological polar surface area (TPSA) is 36.3 Å². The monoisotopic (exact) mass is 296 g/mol. The van der Waals surface area contributed by atoms with Crippen LogP contribution in [0.15, 0.2) is 34.9 Å². The number of rotatable bonds is 4. The Bertz CT molecular complexity index is 511. The summed E-state index contributed by atoms with van der Waals surface area (Å²) < 4.78 is 13.4. The van der Waals surface area contributed by atoms with Crippen LogP contribution >= 0.6 is 15.9 Å². The molecule has 0 bridgehead atoms. The van der Waals surface area contributed by atoms with Gasteiger partial charge in [0.25, 0.3) is 0 Å². The third-order valence-corrected chi connectivity index (χ3v) is 2.90. The van der Waals surface area contributed by atoms with E-state index in [1.165, 1.54) is 0 Å². The summed E-state index contributed by atoms with van der Waals surface area (Å²) >= 11 is 3.44. The van der Waals surface area contributed by atoms with Crippen LogP contribution in [0.3, 0.4) is 0 Å². The number of aromatic nitrogens is 2. The molecule has 90 valence electrons. The Balaban J connectivity index is 2.04. The molecule has 0 saturated carbocycles. The summed E-state index contributed by atoms with van der Waals surface area (Å²) in [6, 6.07) is 7.52. The Kier molecular flexibility index (Phi) is 3.68. The molecule has 0 atom stereocenters. The molecule has 4 nitrogen and oxygen atoms in total. The van der Waals surface area contributed by atoms with Gasteiger partial charge in [-0.1, -0.05) is 0 Å². The first-order valence-corrected chi connectivity index (χ1v) is 5.93. The number of hydrogen-bond acceptors (Lipinski definition) is 3. The molecule has 1 aromatic heterocycles. The zero-order valence-corrected chi connectivity index (χ0v) is 11.3. The van der Waals surface area contributed by atoms with E-state index in [1.54, 1.807) is 11.8 Å². The van der Waals surface area contributed by atoms with Gasteiger partial charge in [0.2, 0.25) is 0 Å². The van der Waals surface area contributed by atoms with Gasteiger partial charge in [0.1, 0.15) is 18.1 Å². The van der Waals surface area contributed by atoms with E-state index in [-0.39, 0.29) is 0 Å². The minimum atomic E-state index is 0.450. The molecule has 5 heteroatoms. The van der Waals surface area contributed by atoms with Gasteiger partial charge in [-0.15, -0.1) is 0 Å². The smallest absolute Gasteiger partial charge is 0.134 e. The fourth-order valence-corrected chi connectivity index (χ4v) is 1.89. The minimum Gasteiger partial charge on any atom is -0.497 e. The average Bonchev–Trinajstić information content (AvgIpc) is 2.73. The maximum Gasteiger partial charge on any atom is 0.134 e. The predicted molar refractivity (Wildman–Crippen MR) is 68.2 cm³/mol. The quantitative estimate of drug-likeness (QED) is 0.870. The molecule has 0 aliphatic heterocycles. The number of nitrogens with zero attached hydrogens (tertiary/aromatic N) is 2. The van der Waals surface area contributed by atoms with Gasteiger partial charge in [0.15, 0.2) is 0 Å². The maximum absolute atomic E-state index is 5.66. The molecule has 0 radical (unpaired) electrons. The van der Waals surface area contributed by atoms with Crippen molar-refractivity contribution in [3.63, 3.8) is 0 Å². The second-order valence-electron chi connectivity index (χ2n) is 3.57. The van der Waals surface area contributed by atoms with Crippen molar-refractivity contribution in [3.8, 4) is 11.5 Å². The summed E-state index contributed by atoms with van der Waals surface area (Å²) in [6.45, 7) is 0.450. The van der Waals surface area contributed by atoms with Crippen LogP contribution in [0.1, 0.15) is 5.69 Å². The molecule has 2 rings (SSSR count). The van der Waals surface area contributed by atoms with Crippen molar-refractivity contribution in [1.82, 2.24) is 9.78 Å². The second-order valence-corrected chi connectivity index (χ2v) is 4.42. The molecular formula is C12H13BrN2O2. The van der Waals surface area contributed by atoms with Gasteiger partial charge in [-0.3, -0.25) is 4.68 Å². The molecule has 0 amide bonds. The molecule has 1 heterocycles. The van der Waals surface area contributed by atoms with Crippen LogP contribution in [0.5, 0.6) is 11.5 Å². The molecular weight excluding hydrogens is 284 g/mol. The summed E-state index contributed by atoms with van der Waals surface area (Å²) in [5.74, 6) is 1.57. The standard InChI is InChI=1S/C12H13BrN2O2/c1-15-6-5-9(14-15)8-17-12-4-3-10(16-2)7-11(12)13/h3-7H,8H2,1-2H3. The summed E-state index contributed by atoms with van der Waals surface area (Å²) in [5, 5.41) is 4.24. The molecule has 0 aliphatic carbocycles. The van der Waals surface area contributed by atoms with Crippen LogP contribution in [0, 0.1) is 0 Å². The fraction of sp³-hybridized carbons (Fsp3) is 0.250. The molecule has 1 aromatic carbocycles. The zero-order valence-electron chi connectivity index (χ0n) is 9.68. The molecule has 0 N–H and O–H groups in total. The highest BCUT2D eigenvalue weighted by Gasteiger charge is 2.04. The highest BCUT2D eigenvalue weighted by Crippen LogP contribution is 2.29. The highest BCUT2D eigenvalue weighted by molar-refractivity contribution is 9.10. The van der Waals surface area contributed by atoms with Crippen molar-refractivity contribution in [2.75, 3.05) is 7.11 Å². The molecule has 0 unspecified atom stereocenters. The summed E-state index contributed by atoms with van der Waals surface area (Å²) in [4.78, 5) is 0. The maximum atomic E-state index is 5.66. The summed E-state index contributed by atoms with van der Waals surface area (Å²) in [6.07, 6.45) is 1.89. The van der Waals surface area contributed by atoms with E-state index in [1.807, 2.05) is 37.5 Å². The first kappa shape index (κ1) is 12.0. The lowest BCUT2D eigenvalue weighted by Gasteiger charge is -2.08. The largest absolute Gasteiger partial charge is 0.497 e. The van der Waals surface area contributed by atoms with Crippen LogP contribution < -0.4 is 9.47 Å². The van der Waals surface area contributed by atoms with Crippen molar-refractivity contribution in [2.45, 2.75) is 6.61 Å². The Labute approximate surface area is 108 Å². The van der Waals surface area contributed by atoms with Gasteiger partial charge >= 0.3 is 0 Å².